The molecule has 0 saturated carbocycles. The molecule has 0 fully saturated rings. The number of amides is 2. The molecule has 2 N–H and O–H groups in total. The second kappa shape index (κ2) is 5.69. The van der Waals surface area contributed by atoms with Gasteiger partial charge in [0.05, 0.1) is 6.04 Å². The maximum absolute atomic E-state index is 11.8. The van der Waals surface area contributed by atoms with Crippen molar-refractivity contribution >= 4 is 23.1 Å². The summed E-state index contributed by atoms with van der Waals surface area (Å²) in [5, 5.41) is 7.73. The third kappa shape index (κ3) is 3.34. The minimum atomic E-state index is -0.181. The van der Waals surface area contributed by atoms with E-state index in [1.54, 1.807) is 11.3 Å². The number of benzene rings is 1. The van der Waals surface area contributed by atoms with Crippen molar-refractivity contribution in [1.29, 1.82) is 0 Å². The first-order chi connectivity index (χ1) is 8.65. The quantitative estimate of drug-likeness (QED) is 0.862. The van der Waals surface area contributed by atoms with Crippen LogP contribution in [0.15, 0.2) is 41.8 Å². The Morgan fingerprint density at radius 3 is 2.56 bits per heavy atom. The Morgan fingerprint density at radius 2 is 1.94 bits per heavy atom. The van der Waals surface area contributed by atoms with Crippen molar-refractivity contribution in [2.45, 2.75) is 19.9 Å². The van der Waals surface area contributed by atoms with E-state index in [1.165, 1.54) is 5.56 Å². The molecule has 0 spiro atoms. The Labute approximate surface area is 111 Å². The third-order valence-corrected chi connectivity index (χ3v) is 3.68. The summed E-state index contributed by atoms with van der Waals surface area (Å²) >= 11 is 1.64. The lowest BCUT2D eigenvalue weighted by atomic mass is 10.2. The monoisotopic (exact) mass is 260 g/mol. The molecule has 2 aromatic rings. The van der Waals surface area contributed by atoms with Gasteiger partial charge >= 0.3 is 6.03 Å². The first-order valence-electron chi connectivity index (χ1n) is 5.83. The van der Waals surface area contributed by atoms with Crippen molar-refractivity contribution in [2.24, 2.45) is 0 Å². The zero-order valence-corrected chi connectivity index (χ0v) is 11.3. The third-order valence-electron chi connectivity index (χ3n) is 2.63. The molecule has 4 heteroatoms. The lowest BCUT2D eigenvalue weighted by Gasteiger charge is -2.13. The number of urea groups is 1. The summed E-state index contributed by atoms with van der Waals surface area (Å²) in [6, 6.07) is 11.6. The Kier molecular flexibility index (Phi) is 3.99. The van der Waals surface area contributed by atoms with E-state index in [0.29, 0.717) is 0 Å². The van der Waals surface area contributed by atoms with E-state index in [9.17, 15) is 4.79 Å². The average Bonchev–Trinajstić information content (AvgIpc) is 2.85. The molecule has 2 amide bonds. The molecule has 0 aliphatic rings. The number of carbonyl (C=O) groups excluding carboxylic acids is 1. The molecule has 2 rings (SSSR count). The van der Waals surface area contributed by atoms with Gasteiger partial charge in [-0.2, -0.15) is 0 Å². The molecule has 0 saturated heterocycles. The van der Waals surface area contributed by atoms with Gasteiger partial charge in [-0.1, -0.05) is 23.8 Å². The second-order valence-electron chi connectivity index (χ2n) is 4.20. The van der Waals surface area contributed by atoms with Crippen molar-refractivity contribution < 1.29 is 4.79 Å². The topological polar surface area (TPSA) is 41.1 Å². The lowest BCUT2D eigenvalue weighted by molar-refractivity contribution is 0.249. The van der Waals surface area contributed by atoms with E-state index in [0.717, 1.165) is 10.6 Å². The van der Waals surface area contributed by atoms with Gasteiger partial charge in [0.2, 0.25) is 0 Å². The van der Waals surface area contributed by atoms with Crippen LogP contribution in [0.4, 0.5) is 10.5 Å². The highest BCUT2D eigenvalue weighted by Gasteiger charge is 2.09. The number of anilines is 1. The van der Waals surface area contributed by atoms with Crippen LogP contribution in [0.3, 0.4) is 0 Å². The number of aryl methyl sites for hydroxylation is 1. The molecule has 94 valence electrons. The van der Waals surface area contributed by atoms with Gasteiger partial charge in [0.1, 0.15) is 0 Å². The second-order valence-corrected chi connectivity index (χ2v) is 5.18. The van der Waals surface area contributed by atoms with Crippen molar-refractivity contribution in [3.8, 4) is 0 Å². The Morgan fingerprint density at radius 1 is 1.22 bits per heavy atom. The minimum Gasteiger partial charge on any atom is -0.331 e. The van der Waals surface area contributed by atoms with Crippen molar-refractivity contribution in [3.05, 3.63) is 52.2 Å². The van der Waals surface area contributed by atoms with Crippen LogP contribution in [-0.2, 0) is 0 Å². The molecule has 0 aliphatic heterocycles. The van der Waals surface area contributed by atoms with Crippen LogP contribution in [0.5, 0.6) is 0 Å². The fourth-order valence-electron chi connectivity index (χ4n) is 1.61. The maximum Gasteiger partial charge on any atom is 0.319 e. The average molecular weight is 260 g/mol. The Bertz CT molecular complexity index is 505. The summed E-state index contributed by atoms with van der Waals surface area (Å²) in [4.78, 5) is 12.9. The number of thiophene rings is 1. The standard InChI is InChI=1S/C14H16N2OS/c1-10-5-7-12(8-6-10)16-14(17)15-11(2)13-4-3-9-18-13/h3-9,11H,1-2H3,(H2,15,16,17)/t11-/m1/s1. The molecule has 0 radical (unpaired) electrons. The highest BCUT2D eigenvalue weighted by atomic mass is 32.1. The molecular weight excluding hydrogens is 244 g/mol. The van der Waals surface area contributed by atoms with Crippen LogP contribution < -0.4 is 10.6 Å². The van der Waals surface area contributed by atoms with Crippen LogP contribution in [0.25, 0.3) is 0 Å². The summed E-state index contributed by atoms with van der Waals surface area (Å²) < 4.78 is 0. The lowest BCUT2D eigenvalue weighted by Crippen LogP contribution is -2.30. The molecule has 0 bridgehead atoms. The molecule has 1 heterocycles. The van der Waals surface area contributed by atoms with E-state index in [1.807, 2.05) is 55.6 Å². The fourth-order valence-corrected chi connectivity index (χ4v) is 2.34. The molecule has 1 atom stereocenters. The van der Waals surface area contributed by atoms with E-state index in [-0.39, 0.29) is 12.1 Å². The summed E-state index contributed by atoms with van der Waals surface area (Å²) in [6.07, 6.45) is 0. The number of hydrogen-bond acceptors (Lipinski definition) is 2. The fraction of sp³-hybridized carbons (Fsp3) is 0.214. The smallest absolute Gasteiger partial charge is 0.319 e. The van der Waals surface area contributed by atoms with Gasteiger partial charge in [-0.3, -0.25) is 0 Å². The van der Waals surface area contributed by atoms with Crippen molar-refractivity contribution in [3.63, 3.8) is 0 Å². The van der Waals surface area contributed by atoms with Gasteiger partial charge in [0.15, 0.2) is 0 Å². The molecular formula is C14H16N2OS. The van der Waals surface area contributed by atoms with Gasteiger partial charge in [-0.25, -0.2) is 4.79 Å². The summed E-state index contributed by atoms with van der Waals surface area (Å²) in [6.45, 7) is 3.99. The first-order valence-corrected chi connectivity index (χ1v) is 6.71. The summed E-state index contributed by atoms with van der Waals surface area (Å²) in [5.41, 5.74) is 1.98. The Balaban J connectivity index is 1.91. The molecule has 0 unspecified atom stereocenters. The number of rotatable bonds is 3. The molecule has 0 aliphatic carbocycles. The van der Waals surface area contributed by atoms with Gasteiger partial charge in [0.25, 0.3) is 0 Å². The molecule has 18 heavy (non-hydrogen) atoms. The predicted molar refractivity (Wildman–Crippen MR) is 76.1 cm³/mol. The van der Waals surface area contributed by atoms with E-state index in [4.69, 9.17) is 0 Å². The van der Waals surface area contributed by atoms with Gasteiger partial charge in [-0.15, -0.1) is 11.3 Å². The van der Waals surface area contributed by atoms with Crippen LogP contribution in [-0.4, -0.2) is 6.03 Å². The summed E-state index contributed by atoms with van der Waals surface area (Å²) in [7, 11) is 0. The number of hydrogen-bond donors (Lipinski definition) is 2. The molecule has 1 aromatic carbocycles. The number of carbonyl (C=O) groups is 1. The normalized spacial score (nSPS) is 11.9. The molecule has 3 nitrogen and oxygen atoms in total. The highest BCUT2D eigenvalue weighted by molar-refractivity contribution is 7.10. The SMILES string of the molecule is Cc1ccc(NC(=O)N[C@H](C)c2cccs2)cc1. The van der Waals surface area contributed by atoms with E-state index < -0.39 is 0 Å². The van der Waals surface area contributed by atoms with Crippen LogP contribution >= 0.6 is 11.3 Å². The van der Waals surface area contributed by atoms with Gasteiger partial charge < -0.3 is 10.6 Å². The highest BCUT2D eigenvalue weighted by Crippen LogP contribution is 2.18. The summed E-state index contributed by atoms with van der Waals surface area (Å²) in [5.74, 6) is 0. The van der Waals surface area contributed by atoms with Gasteiger partial charge in [-0.05, 0) is 37.4 Å². The van der Waals surface area contributed by atoms with E-state index >= 15 is 0 Å². The zero-order chi connectivity index (χ0) is 13.0. The number of nitrogens with one attached hydrogen (secondary N) is 2. The predicted octanol–water partition coefficient (Wildman–Crippen LogP) is 3.94. The minimum absolute atomic E-state index is 0.0236. The van der Waals surface area contributed by atoms with Crippen molar-refractivity contribution in [2.75, 3.05) is 5.32 Å². The largest absolute Gasteiger partial charge is 0.331 e. The molecule has 1 aromatic heterocycles. The maximum atomic E-state index is 11.8. The van der Waals surface area contributed by atoms with Crippen LogP contribution in [0.1, 0.15) is 23.4 Å². The Hall–Kier alpha value is -1.81. The van der Waals surface area contributed by atoms with Gasteiger partial charge in [0, 0.05) is 10.6 Å². The van der Waals surface area contributed by atoms with Crippen molar-refractivity contribution in [1.82, 2.24) is 5.32 Å². The van der Waals surface area contributed by atoms with Crippen LogP contribution in [0.2, 0.25) is 0 Å². The van der Waals surface area contributed by atoms with E-state index in [2.05, 4.69) is 10.6 Å². The van der Waals surface area contributed by atoms with Crippen LogP contribution in [0, 0.1) is 6.92 Å². The first kappa shape index (κ1) is 12.6. The zero-order valence-electron chi connectivity index (χ0n) is 10.4.